The zero-order valence-corrected chi connectivity index (χ0v) is 24.6. The number of fused-ring (bicyclic) bond motifs is 1. The van der Waals surface area contributed by atoms with Crippen LogP contribution in [0.2, 0.25) is 0 Å². The number of benzene rings is 3. The molecule has 4 rings (SSSR count). The lowest BCUT2D eigenvalue weighted by molar-refractivity contribution is -0.0499. The van der Waals surface area contributed by atoms with Crippen LogP contribution in [-0.4, -0.2) is 48.8 Å². The fraction of sp³-hybridized carbons (Fsp3) is 0.405. The molecule has 1 aliphatic carbocycles. The number of allylic oxidation sites excluding steroid dienone is 2. The van der Waals surface area contributed by atoms with Gasteiger partial charge in [0, 0.05) is 0 Å². The Morgan fingerprint density at radius 1 is 0.780 bits per heavy atom. The SMILES string of the molecule is C=C(CO)CCOC1CC(OCCC(=C)CO)CC(c2ccc(-c3ccc4cc(CC/C=C/C)ccc4c3)cc2)C1. The Morgan fingerprint density at radius 3 is 1.98 bits per heavy atom. The van der Waals surface area contributed by atoms with Crippen molar-refractivity contribution in [1.82, 2.24) is 0 Å². The molecule has 4 nitrogen and oxygen atoms in total. The quantitative estimate of drug-likeness (QED) is 0.187. The topological polar surface area (TPSA) is 58.9 Å². The van der Waals surface area contributed by atoms with Gasteiger partial charge in [-0.1, -0.05) is 79.9 Å². The smallest absolute Gasteiger partial charge is 0.0639 e. The maximum absolute atomic E-state index is 9.27. The first kappa shape index (κ1) is 30.9. The van der Waals surface area contributed by atoms with E-state index in [1.165, 1.54) is 33.0 Å². The second-order valence-electron chi connectivity index (χ2n) is 11.3. The van der Waals surface area contributed by atoms with Crippen LogP contribution in [0.4, 0.5) is 0 Å². The van der Waals surface area contributed by atoms with Crippen LogP contribution in [0.15, 0.2) is 97.1 Å². The van der Waals surface area contributed by atoms with E-state index in [1.807, 2.05) is 0 Å². The summed E-state index contributed by atoms with van der Waals surface area (Å²) in [6.07, 6.45) is 10.7. The number of hydrogen-bond donors (Lipinski definition) is 2. The van der Waals surface area contributed by atoms with Crippen molar-refractivity contribution in [3.63, 3.8) is 0 Å². The van der Waals surface area contributed by atoms with Crippen LogP contribution in [0.1, 0.15) is 62.5 Å². The molecule has 4 heteroatoms. The molecule has 0 heterocycles. The lowest BCUT2D eigenvalue weighted by Crippen LogP contribution is -2.33. The highest BCUT2D eigenvalue weighted by Gasteiger charge is 2.31. The molecule has 1 fully saturated rings. The molecule has 0 saturated heterocycles. The highest BCUT2D eigenvalue weighted by Crippen LogP contribution is 2.37. The van der Waals surface area contributed by atoms with Crippen LogP contribution < -0.4 is 0 Å². The van der Waals surface area contributed by atoms with Crippen LogP contribution >= 0.6 is 0 Å². The molecular formula is C37H46O4. The van der Waals surface area contributed by atoms with Crippen molar-refractivity contribution in [1.29, 1.82) is 0 Å². The Bertz CT molecular complexity index is 1280. The molecule has 0 aliphatic heterocycles. The van der Waals surface area contributed by atoms with E-state index in [0.29, 0.717) is 32.0 Å². The van der Waals surface area contributed by atoms with E-state index < -0.39 is 0 Å². The monoisotopic (exact) mass is 554 g/mol. The lowest BCUT2D eigenvalue weighted by atomic mass is 9.80. The van der Waals surface area contributed by atoms with E-state index >= 15 is 0 Å². The van der Waals surface area contributed by atoms with E-state index in [2.05, 4.69) is 92.9 Å². The van der Waals surface area contributed by atoms with Crippen molar-refractivity contribution in [2.24, 2.45) is 0 Å². The van der Waals surface area contributed by atoms with Crippen molar-refractivity contribution in [3.8, 4) is 11.1 Å². The van der Waals surface area contributed by atoms with E-state index in [4.69, 9.17) is 9.47 Å². The minimum absolute atomic E-state index is 0.00140. The van der Waals surface area contributed by atoms with E-state index in [-0.39, 0.29) is 25.4 Å². The van der Waals surface area contributed by atoms with Gasteiger partial charge in [0.2, 0.25) is 0 Å². The molecule has 41 heavy (non-hydrogen) atoms. The average molecular weight is 555 g/mol. The first-order chi connectivity index (χ1) is 20.0. The summed E-state index contributed by atoms with van der Waals surface area (Å²) in [6, 6.07) is 22.5. The summed E-state index contributed by atoms with van der Waals surface area (Å²) in [4.78, 5) is 0. The van der Waals surface area contributed by atoms with Gasteiger partial charge in [-0.25, -0.2) is 0 Å². The standard InChI is InChI=1S/C37H46O4/c1-4-5-6-7-29-8-9-34-21-33(15-14-32(34)20-29)30-10-12-31(13-11-30)35-22-36(40-18-16-27(2)25-38)24-37(23-35)41-19-17-28(3)26-39/h4-5,8-15,20-21,35-39H,2-3,6-7,16-19,22-26H2,1H3/b5-4+. The van der Waals surface area contributed by atoms with Crippen LogP contribution in [0.3, 0.4) is 0 Å². The van der Waals surface area contributed by atoms with Gasteiger partial charge >= 0.3 is 0 Å². The third-order valence-electron chi connectivity index (χ3n) is 8.14. The predicted octanol–water partition coefficient (Wildman–Crippen LogP) is 7.93. The number of hydrogen-bond acceptors (Lipinski definition) is 4. The van der Waals surface area contributed by atoms with Gasteiger partial charge in [0.05, 0.1) is 38.6 Å². The molecule has 1 aliphatic rings. The van der Waals surface area contributed by atoms with Crippen LogP contribution in [0, 0.1) is 0 Å². The van der Waals surface area contributed by atoms with E-state index in [1.54, 1.807) is 0 Å². The third-order valence-corrected chi connectivity index (χ3v) is 8.14. The van der Waals surface area contributed by atoms with Crippen LogP contribution in [0.5, 0.6) is 0 Å². The second-order valence-corrected chi connectivity index (χ2v) is 11.3. The summed E-state index contributed by atoms with van der Waals surface area (Å²) in [6.45, 7) is 10.9. The van der Waals surface area contributed by atoms with Gasteiger partial charge in [-0.3, -0.25) is 0 Å². The maximum Gasteiger partial charge on any atom is 0.0639 e. The molecule has 0 spiro atoms. The zero-order chi connectivity index (χ0) is 29.0. The Morgan fingerprint density at radius 2 is 1.37 bits per heavy atom. The fourth-order valence-corrected chi connectivity index (χ4v) is 5.65. The van der Waals surface area contributed by atoms with E-state index in [0.717, 1.165) is 43.3 Å². The molecule has 0 amide bonds. The Kier molecular flexibility index (Phi) is 11.9. The van der Waals surface area contributed by atoms with E-state index in [9.17, 15) is 10.2 Å². The highest BCUT2D eigenvalue weighted by atomic mass is 16.5. The van der Waals surface area contributed by atoms with Gasteiger partial charge in [-0.05, 0) is 108 Å². The van der Waals surface area contributed by atoms with Gasteiger partial charge in [-0.2, -0.15) is 0 Å². The third kappa shape index (κ3) is 9.24. The minimum atomic E-state index is -0.00140. The first-order valence-electron chi connectivity index (χ1n) is 15.0. The fourth-order valence-electron chi connectivity index (χ4n) is 5.65. The van der Waals surface area contributed by atoms with Crippen molar-refractivity contribution in [3.05, 3.63) is 108 Å². The molecule has 2 atom stereocenters. The molecular weight excluding hydrogens is 508 g/mol. The van der Waals surface area contributed by atoms with Crippen molar-refractivity contribution in [2.45, 2.75) is 70.0 Å². The average Bonchev–Trinajstić information content (AvgIpc) is 3.00. The number of ether oxygens (including phenoxy) is 2. The summed E-state index contributed by atoms with van der Waals surface area (Å²) in [7, 11) is 0. The second kappa shape index (κ2) is 15.8. The van der Waals surface area contributed by atoms with Crippen molar-refractivity contribution < 1.29 is 19.7 Å². The number of aliphatic hydroxyl groups is 2. The summed E-state index contributed by atoms with van der Waals surface area (Å²) in [5.41, 5.74) is 6.71. The lowest BCUT2D eigenvalue weighted by Gasteiger charge is -2.35. The molecule has 2 unspecified atom stereocenters. The Hall–Kier alpha value is -3.02. The molecule has 3 aromatic rings. The first-order valence-corrected chi connectivity index (χ1v) is 15.0. The van der Waals surface area contributed by atoms with Gasteiger partial charge in [0.25, 0.3) is 0 Å². The van der Waals surface area contributed by atoms with Gasteiger partial charge in [-0.15, -0.1) is 0 Å². The summed E-state index contributed by atoms with van der Waals surface area (Å²) in [5.74, 6) is 0.340. The van der Waals surface area contributed by atoms with Gasteiger partial charge in [0.15, 0.2) is 0 Å². The summed E-state index contributed by atoms with van der Waals surface area (Å²) in [5, 5.41) is 21.1. The van der Waals surface area contributed by atoms with Gasteiger partial charge in [0.1, 0.15) is 0 Å². The Balaban J connectivity index is 1.44. The predicted molar refractivity (Wildman–Crippen MR) is 170 cm³/mol. The van der Waals surface area contributed by atoms with Crippen LogP contribution in [0.25, 0.3) is 21.9 Å². The molecule has 0 aromatic heterocycles. The Labute approximate surface area is 246 Å². The molecule has 218 valence electrons. The molecule has 0 bridgehead atoms. The summed E-state index contributed by atoms with van der Waals surface area (Å²) < 4.78 is 12.5. The largest absolute Gasteiger partial charge is 0.392 e. The highest BCUT2D eigenvalue weighted by molar-refractivity contribution is 5.87. The maximum atomic E-state index is 9.27. The normalized spacial score (nSPS) is 19.1. The molecule has 2 N–H and O–H groups in total. The molecule has 3 aromatic carbocycles. The minimum Gasteiger partial charge on any atom is -0.392 e. The van der Waals surface area contributed by atoms with Gasteiger partial charge < -0.3 is 19.7 Å². The zero-order valence-electron chi connectivity index (χ0n) is 24.6. The number of aryl methyl sites for hydroxylation is 1. The number of aliphatic hydroxyl groups excluding tert-OH is 2. The molecule has 1 saturated carbocycles. The van der Waals surface area contributed by atoms with Crippen molar-refractivity contribution in [2.75, 3.05) is 26.4 Å². The van der Waals surface area contributed by atoms with Crippen molar-refractivity contribution >= 4 is 10.8 Å². The number of rotatable bonds is 15. The molecule has 0 radical (unpaired) electrons. The summed E-state index contributed by atoms with van der Waals surface area (Å²) >= 11 is 0. The van der Waals surface area contributed by atoms with Crippen LogP contribution in [-0.2, 0) is 15.9 Å².